The van der Waals surface area contributed by atoms with Gasteiger partial charge in [-0.05, 0) is 86.3 Å². The first-order valence-electron chi connectivity index (χ1n) is 13.0. The normalized spacial score (nSPS) is 22.8. The first-order valence-corrected chi connectivity index (χ1v) is 13.0. The first kappa shape index (κ1) is 23.2. The van der Waals surface area contributed by atoms with Crippen LogP contribution in [-0.2, 0) is 19.0 Å². The summed E-state index contributed by atoms with van der Waals surface area (Å²) in [6, 6.07) is 12.5. The molecule has 2 fully saturated rings. The van der Waals surface area contributed by atoms with E-state index in [2.05, 4.69) is 47.6 Å². The molecule has 6 nitrogen and oxygen atoms in total. The molecule has 0 saturated heterocycles. The van der Waals surface area contributed by atoms with Crippen molar-refractivity contribution in [2.45, 2.75) is 70.4 Å². The van der Waals surface area contributed by atoms with Crippen LogP contribution in [0.15, 0.2) is 58.2 Å². The van der Waals surface area contributed by atoms with E-state index in [1.54, 1.807) is 12.6 Å². The summed E-state index contributed by atoms with van der Waals surface area (Å²) in [6.45, 7) is 7.32. The second kappa shape index (κ2) is 8.41. The molecule has 2 aliphatic carbocycles. The molecule has 0 radical (unpaired) electrons. The smallest absolute Gasteiger partial charge is 0.200 e. The van der Waals surface area contributed by atoms with Crippen LogP contribution < -0.4 is 10.7 Å². The van der Waals surface area contributed by atoms with Crippen LogP contribution in [0.1, 0.15) is 68.5 Å². The summed E-state index contributed by atoms with van der Waals surface area (Å²) in [4.78, 5) is 13.8. The number of hydrogen-bond acceptors (Lipinski definition) is 5. The summed E-state index contributed by atoms with van der Waals surface area (Å²) < 4.78 is 8.09. The summed E-state index contributed by atoms with van der Waals surface area (Å²) in [6.07, 6.45) is 9.12. The minimum Gasteiger partial charge on any atom is -0.463 e. The van der Waals surface area contributed by atoms with Crippen LogP contribution in [0.25, 0.3) is 22.1 Å². The van der Waals surface area contributed by atoms with Gasteiger partial charge < -0.3 is 14.3 Å². The van der Waals surface area contributed by atoms with E-state index in [-0.39, 0.29) is 16.4 Å². The Morgan fingerprint density at radius 2 is 2.00 bits per heavy atom. The van der Waals surface area contributed by atoms with Crippen LogP contribution in [0.4, 0.5) is 0 Å². The van der Waals surface area contributed by atoms with Crippen molar-refractivity contribution in [1.29, 1.82) is 0 Å². The van der Waals surface area contributed by atoms with Crippen molar-refractivity contribution in [2.75, 3.05) is 0 Å². The molecule has 0 spiro atoms. The van der Waals surface area contributed by atoms with Gasteiger partial charge in [0.1, 0.15) is 24.0 Å². The Balaban J connectivity index is 1.40. The molecule has 186 valence electrons. The standard InChI is InChI=1S/C30H34N4O2/c1-19-14-30(15-19,28-33-32-18-34(28)4)23-8-5-7-22(13-23)25-17-36-27-20(2)11-21(12-24(27)26(25)35)16-31-29(3)9-6-10-29/h5,7-8,11-13,17-19,31H,6,9-10,14-16H2,1-4H3/t19-,30+. The summed E-state index contributed by atoms with van der Waals surface area (Å²) in [7, 11) is 2.00. The van der Waals surface area contributed by atoms with E-state index in [4.69, 9.17) is 4.42 Å². The van der Waals surface area contributed by atoms with E-state index in [9.17, 15) is 4.79 Å². The fraction of sp³-hybridized carbons (Fsp3) is 0.433. The van der Waals surface area contributed by atoms with Gasteiger partial charge in [0, 0.05) is 19.1 Å². The molecule has 2 aromatic carbocycles. The minimum atomic E-state index is -0.176. The third-order valence-electron chi connectivity index (χ3n) is 8.55. The number of nitrogens with zero attached hydrogens (tertiary/aromatic N) is 3. The van der Waals surface area contributed by atoms with Gasteiger partial charge in [-0.3, -0.25) is 4.79 Å². The number of fused-ring (bicyclic) bond motifs is 1. The summed E-state index contributed by atoms with van der Waals surface area (Å²) in [5.41, 5.74) is 5.49. The molecule has 6 heteroatoms. The van der Waals surface area contributed by atoms with Gasteiger partial charge in [-0.2, -0.15) is 0 Å². The number of rotatable bonds is 6. The van der Waals surface area contributed by atoms with Gasteiger partial charge in [-0.25, -0.2) is 0 Å². The number of aromatic nitrogens is 3. The maximum absolute atomic E-state index is 13.8. The van der Waals surface area contributed by atoms with Crippen LogP contribution in [0.2, 0.25) is 0 Å². The highest BCUT2D eigenvalue weighted by molar-refractivity contribution is 5.84. The third kappa shape index (κ3) is 3.70. The van der Waals surface area contributed by atoms with Gasteiger partial charge in [0.05, 0.1) is 16.4 Å². The maximum Gasteiger partial charge on any atom is 0.200 e. The van der Waals surface area contributed by atoms with Gasteiger partial charge in [-0.1, -0.05) is 31.2 Å². The Bertz CT molecular complexity index is 1510. The lowest BCUT2D eigenvalue weighted by atomic mass is 9.58. The molecule has 2 aliphatic rings. The zero-order chi connectivity index (χ0) is 25.1. The molecule has 0 unspecified atom stereocenters. The van der Waals surface area contributed by atoms with E-state index < -0.39 is 0 Å². The van der Waals surface area contributed by atoms with E-state index in [1.807, 2.05) is 36.7 Å². The molecule has 0 atom stereocenters. The molecular formula is C30H34N4O2. The zero-order valence-electron chi connectivity index (χ0n) is 21.6. The molecule has 0 amide bonds. The second-order valence-electron chi connectivity index (χ2n) is 11.5. The number of hydrogen-bond donors (Lipinski definition) is 1. The van der Waals surface area contributed by atoms with Crippen molar-refractivity contribution in [3.8, 4) is 11.1 Å². The van der Waals surface area contributed by atoms with Gasteiger partial charge in [0.15, 0.2) is 0 Å². The van der Waals surface area contributed by atoms with Crippen molar-refractivity contribution in [3.05, 3.63) is 81.7 Å². The first-order chi connectivity index (χ1) is 17.3. The van der Waals surface area contributed by atoms with Crippen molar-refractivity contribution >= 4 is 11.0 Å². The van der Waals surface area contributed by atoms with Gasteiger partial charge >= 0.3 is 0 Å². The Morgan fingerprint density at radius 1 is 1.19 bits per heavy atom. The fourth-order valence-corrected chi connectivity index (χ4v) is 6.37. The largest absolute Gasteiger partial charge is 0.463 e. The molecule has 36 heavy (non-hydrogen) atoms. The van der Waals surface area contributed by atoms with Crippen molar-refractivity contribution in [3.63, 3.8) is 0 Å². The second-order valence-corrected chi connectivity index (χ2v) is 11.5. The van der Waals surface area contributed by atoms with Crippen LogP contribution in [0, 0.1) is 12.8 Å². The summed E-state index contributed by atoms with van der Waals surface area (Å²) in [5, 5.41) is 12.9. The molecular weight excluding hydrogens is 448 g/mol. The van der Waals surface area contributed by atoms with E-state index in [1.165, 1.54) is 24.8 Å². The Morgan fingerprint density at radius 3 is 2.67 bits per heavy atom. The molecule has 1 N–H and O–H groups in total. The van der Waals surface area contributed by atoms with Crippen LogP contribution >= 0.6 is 0 Å². The Hall–Kier alpha value is -3.25. The average Bonchev–Trinajstić information content (AvgIpc) is 3.26. The van der Waals surface area contributed by atoms with E-state index >= 15 is 0 Å². The highest BCUT2D eigenvalue weighted by Gasteiger charge is 2.48. The maximum atomic E-state index is 13.8. The molecule has 0 aliphatic heterocycles. The lowest BCUT2D eigenvalue weighted by Gasteiger charge is -2.46. The van der Waals surface area contributed by atoms with E-state index in [0.717, 1.165) is 41.9 Å². The quantitative estimate of drug-likeness (QED) is 0.385. The average molecular weight is 483 g/mol. The number of aryl methyl sites for hydroxylation is 2. The summed E-state index contributed by atoms with van der Waals surface area (Å²) in [5.74, 6) is 1.60. The minimum absolute atomic E-state index is 0.0166. The van der Waals surface area contributed by atoms with Gasteiger partial charge in [0.25, 0.3) is 0 Å². The van der Waals surface area contributed by atoms with Crippen molar-refractivity contribution < 1.29 is 4.42 Å². The third-order valence-corrected chi connectivity index (χ3v) is 8.55. The molecule has 2 saturated carbocycles. The number of benzene rings is 2. The van der Waals surface area contributed by atoms with Crippen LogP contribution in [0.3, 0.4) is 0 Å². The van der Waals surface area contributed by atoms with Crippen LogP contribution in [0.5, 0.6) is 0 Å². The topological polar surface area (TPSA) is 73.0 Å². The highest BCUT2D eigenvalue weighted by atomic mass is 16.3. The SMILES string of the molecule is Cc1cc(CNC2(C)CCC2)cc2c(=O)c(-c3cccc([C@]4(c5nncn5C)C[C@@H](C)C4)c3)coc12. The fourth-order valence-electron chi connectivity index (χ4n) is 6.37. The summed E-state index contributed by atoms with van der Waals surface area (Å²) >= 11 is 0. The molecule has 2 heterocycles. The van der Waals surface area contributed by atoms with Gasteiger partial charge in [0.2, 0.25) is 5.43 Å². The monoisotopic (exact) mass is 482 g/mol. The number of nitrogens with one attached hydrogen (secondary N) is 1. The predicted octanol–water partition coefficient (Wildman–Crippen LogP) is 5.65. The van der Waals surface area contributed by atoms with E-state index in [0.29, 0.717) is 22.5 Å². The zero-order valence-corrected chi connectivity index (χ0v) is 21.6. The molecule has 6 rings (SSSR count). The highest BCUT2D eigenvalue weighted by Crippen LogP contribution is 2.51. The predicted molar refractivity (Wildman–Crippen MR) is 142 cm³/mol. The van der Waals surface area contributed by atoms with Crippen LogP contribution in [-0.4, -0.2) is 20.3 Å². The Labute approximate surface area is 211 Å². The molecule has 0 bridgehead atoms. The van der Waals surface area contributed by atoms with Gasteiger partial charge in [-0.15, -0.1) is 10.2 Å². The molecule has 4 aromatic rings. The van der Waals surface area contributed by atoms with Crippen molar-refractivity contribution in [1.82, 2.24) is 20.1 Å². The lowest BCUT2D eigenvalue weighted by molar-refractivity contribution is 0.185. The van der Waals surface area contributed by atoms with Crippen molar-refractivity contribution in [2.24, 2.45) is 13.0 Å². The molecule has 2 aromatic heterocycles. The lowest BCUT2D eigenvalue weighted by Crippen LogP contribution is -2.47. The Kier molecular flexibility index (Phi) is 5.41.